The highest BCUT2D eigenvalue weighted by Crippen LogP contribution is 2.15. The molecule has 0 aromatic heterocycles. The first kappa shape index (κ1) is 21.9. The number of ether oxygens (including phenoxy) is 1. The molecule has 0 spiro atoms. The van der Waals surface area contributed by atoms with E-state index >= 15 is 0 Å². The van der Waals surface area contributed by atoms with E-state index in [0.717, 1.165) is 0 Å². The van der Waals surface area contributed by atoms with Crippen molar-refractivity contribution in [2.45, 2.75) is 45.9 Å². The second kappa shape index (κ2) is 10.8. The number of hydrogen-bond acceptors (Lipinski definition) is 4. The maximum Gasteiger partial charge on any atom is 0.408 e. The van der Waals surface area contributed by atoms with Crippen molar-refractivity contribution in [2.24, 2.45) is 5.92 Å². The third-order valence-corrected chi connectivity index (χ3v) is 4.15. The zero-order valence-corrected chi connectivity index (χ0v) is 15.8. The number of carbonyl (C=O) groups excluding carboxylic acids is 3. The lowest BCUT2D eigenvalue weighted by molar-refractivity contribution is -0.130. The van der Waals surface area contributed by atoms with Gasteiger partial charge >= 0.3 is 6.09 Å². The predicted molar refractivity (Wildman–Crippen MR) is 96.6 cm³/mol. The van der Waals surface area contributed by atoms with Gasteiger partial charge in [0.25, 0.3) is 0 Å². The van der Waals surface area contributed by atoms with Gasteiger partial charge in [-0.1, -0.05) is 50.6 Å². The molecule has 144 valence electrons. The van der Waals surface area contributed by atoms with Gasteiger partial charge in [-0.3, -0.25) is 9.59 Å². The van der Waals surface area contributed by atoms with Gasteiger partial charge in [-0.15, -0.1) is 0 Å². The molecule has 1 unspecified atom stereocenters. The average Bonchev–Trinajstić information content (AvgIpc) is 2.62. The first-order chi connectivity index (χ1) is 12.3. The number of Topliss-reactive ketones (excluding diaryl/α,β-unsaturated/α-hetero) is 1. The van der Waals surface area contributed by atoms with Gasteiger partial charge in [0.2, 0.25) is 5.91 Å². The van der Waals surface area contributed by atoms with Gasteiger partial charge in [0, 0.05) is 10.6 Å². The van der Waals surface area contributed by atoms with Crippen LogP contribution >= 0.6 is 11.6 Å². The fraction of sp³-hybridized carbons (Fsp3) is 0.500. The molecule has 1 aromatic rings. The highest BCUT2D eigenvalue weighted by Gasteiger charge is 2.28. The molecule has 2 amide bonds. The summed E-state index contributed by atoms with van der Waals surface area (Å²) < 4.78 is 17.6. The highest BCUT2D eigenvalue weighted by molar-refractivity contribution is 6.31. The topological polar surface area (TPSA) is 84.5 Å². The Labute approximate surface area is 157 Å². The highest BCUT2D eigenvalue weighted by atomic mass is 35.5. The number of alkyl halides is 1. The van der Waals surface area contributed by atoms with Crippen molar-refractivity contribution in [3.05, 3.63) is 34.9 Å². The summed E-state index contributed by atoms with van der Waals surface area (Å²) in [6.45, 7) is 3.93. The lowest BCUT2D eigenvalue weighted by Gasteiger charge is -2.24. The van der Waals surface area contributed by atoms with E-state index in [0.29, 0.717) is 10.6 Å². The molecule has 0 radical (unpaired) electrons. The van der Waals surface area contributed by atoms with Crippen LogP contribution in [0.5, 0.6) is 0 Å². The Kier molecular flexibility index (Phi) is 9.05. The van der Waals surface area contributed by atoms with Crippen LogP contribution in [-0.2, 0) is 20.9 Å². The lowest BCUT2D eigenvalue weighted by atomic mass is 10.0. The Hall–Kier alpha value is -2.15. The summed E-state index contributed by atoms with van der Waals surface area (Å²) >= 11 is 5.99. The maximum absolute atomic E-state index is 12.5. The molecule has 1 rings (SSSR count). The van der Waals surface area contributed by atoms with E-state index in [4.69, 9.17) is 16.3 Å². The van der Waals surface area contributed by atoms with Crippen LogP contribution in [0.1, 0.15) is 32.8 Å². The molecule has 26 heavy (non-hydrogen) atoms. The van der Waals surface area contributed by atoms with E-state index in [9.17, 15) is 18.8 Å². The van der Waals surface area contributed by atoms with Gasteiger partial charge in [-0.2, -0.15) is 0 Å². The van der Waals surface area contributed by atoms with Gasteiger partial charge < -0.3 is 15.4 Å². The molecule has 0 fully saturated rings. The molecule has 6 nitrogen and oxygen atoms in total. The monoisotopic (exact) mass is 386 g/mol. The van der Waals surface area contributed by atoms with Gasteiger partial charge in [-0.25, -0.2) is 9.18 Å². The summed E-state index contributed by atoms with van der Waals surface area (Å²) in [5, 5.41) is 5.40. The largest absolute Gasteiger partial charge is 0.445 e. The lowest BCUT2D eigenvalue weighted by Crippen LogP contribution is -2.53. The summed E-state index contributed by atoms with van der Waals surface area (Å²) in [6.07, 6.45) is -0.528. The normalized spacial score (nSPS) is 13.0. The maximum atomic E-state index is 12.5. The molecule has 1 aromatic carbocycles. The molecule has 0 aliphatic rings. The van der Waals surface area contributed by atoms with Crippen LogP contribution < -0.4 is 10.6 Å². The minimum absolute atomic E-state index is 0.0458. The van der Waals surface area contributed by atoms with Crippen LogP contribution in [-0.4, -0.2) is 36.5 Å². The van der Waals surface area contributed by atoms with Crippen molar-refractivity contribution >= 4 is 29.4 Å². The van der Waals surface area contributed by atoms with Gasteiger partial charge in [0.05, 0.1) is 6.04 Å². The Morgan fingerprint density at radius 1 is 1.19 bits per heavy atom. The first-order valence-corrected chi connectivity index (χ1v) is 8.73. The second-order valence-electron chi connectivity index (χ2n) is 6.10. The van der Waals surface area contributed by atoms with E-state index in [1.54, 1.807) is 45.0 Å². The summed E-state index contributed by atoms with van der Waals surface area (Å²) in [7, 11) is 0. The SMILES string of the molecule is CCC(NC(=O)[C@@H](NC(=O)OCc1ccccc1Cl)C(C)C)C(=O)CF. The molecular formula is C18H24ClFN2O4. The Morgan fingerprint density at radius 2 is 1.85 bits per heavy atom. The smallest absolute Gasteiger partial charge is 0.408 e. The number of ketones is 1. The molecule has 0 saturated carbocycles. The van der Waals surface area contributed by atoms with E-state index in [2.05, 4.69) is 10.6 Å². The number of hydrogen-bond donors (Lipinski definition) is 2. The van der Waals surface area contributed by atoms with Gasteiger partial charge in [0.15, 0.2) is 5.78 Å². The van der Waals surface area contributed by atoms with Crippen molar-refractivity contribution in [3.8, 4) is 0 Å². The van der Waals surface area contributed by atoms with Crippen molar-refractivity contribution in [3.63, 3.8) is 0 Å². The quantitative estimate of drug-likeness (QED) is 0.683. The summed E-state index contributed by atoms with van der Waals surface area (Å²) in [4.78, 5) is 35.8. The van der Waals surface area contributed by atoms with Crippen LogP contribution in [0.2, 0.25) is 5.02 Å². The minimum Gasteiger partial charge on any atom is -0.445 e. The molecule has 0 heterocycles. The number of alkyl carbamates (subject to hydrolysis) is 1. The van der Waals surface area contributed by atoms with Crippen LogP contribution in [0.4, 0.5) is 9.18 Å². The van der Waals surface area contributed by atoms with E-state index < -0.39 is 36.5 Å². The first-order valence-electron chi connectivity index (χ1n) is 8.35. The zero-order chi connectivity index (χ0) is 19.7. The van der Waals surface area contributed by atoms with Gasteiger partial charge in [-0.05, 0) is 18.4 Å². The zero-order valence-electron chi connectivity index (χ0n) is 15.1. The van der Waals surface area contributed by atoms with E-state index in [-0.39, 0.29) is 18.9 Å². The van der Waals surface area contributed by atoms with Crippen molar-refractivity contribution in [1.29, 1.82) is 0 Å². The third-order valence-electron chi connectivity index (χ3n) is 3.78. The standard InChI is InChI=1S/C18H24ClFN2O4/c1-4-14(15(23)9-20)21-17(24)16(11(2)3)22-18(25)26-10-12-7-5-6-8-13(12)19/h5-8,11,14,16H,4,9-10H2,1-3H3,(H,21,24)(H,22,25)/t14?,16-/m0/s1. The number of carbonyl (C=O) groups is 3. The van der Waals surface area contributed by atoms with Crippen molar-refractivity contribution in [2.75, 3.05) is 6.67 Å². The third kappa shape index (κ3) is 6.63. The number of rotatable bonds is 9. The van der Waals surface area contributed by atoms with Crippen molar-refractivity contribution < 1.29 is 23.5 Å². The fourth-order valence-corrected chi connectivity index (χ4v) is 2.42. The average molecular weight is 387 g/mol. The number of amides is 2. The molecule has 0 aliphatic carbocycles. The van der Waals surface area contributed by atoms with E-state index in [1.165, 1.54) is 0 Å². The summed E-state index contributed by atoms with van der Waals surface area (Å²) in [5.74, 6) is -1.53. The number of benzene rings is 1. The molecule has 2 atom stereocenters. The summed E-state index contributed by atoms with van der Waals surface area (Å²) in [6, 6.07) is 5.07. The van der Waals surface area contributed by atoms with Crippen LogP contribution in [0.15, 0.2) is 24.3 Å². The number of nitrogens with one attached hydrogen (secondary N) is 2. The predicted octanol–water partition coefficient (Wildman–Crippen LogP) is 3.02. The minimum atomic E-state index is -1.15. The molecule has 2 N–H and O–H groups in total. The number of halogens is 2. The molecule has 0 bridgehead atoms. The Balaban J connectivity index is 2.66. The molecule has 8 heteroatoms. The van der Waals surface area contributed by atoms with Crippen LogP contribution in [0.25, 0.3) is 0 Å². The van der Waals surface area contributed by atoms with Gasteiger partial charge in [0.1, 0.15) is 19.3 Å². The molecule has 0 saturated heterocycles. The van der Waals surface area contributed by atoms with E-state index in [1.807, 2.05) is 0 Å². The van der Waals surface area contributed by atoms with Crippen LogP contribution in [0, 0.1) is 5.92 Å². The second-order valence-corrected chi connectivity index (χ2v) is 6.51. The summed E-state index contributed by atoms with van der Waals surface area (Å²) in [5.41, 5.74) is 0.634. The molecular weight excluding hydrogens is 363 g/mol. The molecule has 0 aliphatic heterocycles. The Bertz CT molecular complexity index is 639. The van der Waals surface area contributed by atoms with Crippen molar-refractivity contribution in [1.82, 2.24) is 10.6 Å². The Morgan fingerprint density at radius 3 is 2.38 bits per heavy atom. The fourth-order valence-electron chi connectivity index (χ4n) is 2.23. The van der Waals surface area contributed by atoms with Crippen LogP contribution in [0.3, 0.4) is 0 Å².